The normalized spacial score (nSPS) is 17.4. The number of benzene rings is 2. The molecule has 2 amide bonds. The monoisotopic (exact) mass is 391 g/mol. The van der Waals surface area contributed by atoms with Crippen molar-refractivity contribution >= 4 is 17.5 Å². The number of hydrogen-bond donors (Lipinski definition) is 0. The van der Waals surface area contributed by atoms with Gasteiger partial charge >= 0.3 is 0 Å². The Morgan fingerprint density at radius 3 is 2.45 bits per heavy atom. The first-order valence-electron chi connectivity index (χ1n) is 10.5. The van der Waals surface area contributed by atoms with Gasteiger partial charge in [0.25, 0.3) is 5.91 Å². The van der Waals surface area contributed by atoms with Crippen LogP contribution in [0.2, 0.25) is 0 Å². The topological polar surface area (TPSA) is 43.9 Å². The quantitative estimate of drug-likeness (QED) is 0.758. The molecule has 4 rings (SSSR count). The van der Waals surface area contributed by atoms with Crippen LogP contribution in [0.4, 0.5) is 5.69 Å². The summed E-state index contributed by atoms with van der Waals surface area (Å²) in [5.41, 5.74) is 2.95. The predicted molar refractivity (Wildman–Crippen MR) is 115 cm³/mol. The van der Waals surface area contributed by atoms with Gasteiger partial charge in [-0.15, -0.1) is 0 Å². The highest BCUT2D eigenvalue weighted by Gasteiger charge is 2.30. The summed E-state index contributed by atoms with van der Waals surface area (Å²) in [6.07, 6.45) is 2.71. The molecule has 0 spiro atoms. The first kappa shape index (κ1) is 19.6. The van der Waals surface area contributed by atoms with Gasteiger partial charge in [0.05, 0.1) is 0 Å². The molecule has 0 bridgehead atoms. The van der Waals surface area contributed by atoms with E-state index in [1.807, 2.05) is 60.5 Å². The van der Waals surface area contributed by atoms with E-state index in [0.29, 0.717) is 12.3 Å². The summed E-state index contributed by atoms with van der Waals surface area (Å²) in [5.74, 6) is 0.878. The molecule has 1 fully saturated rings. The van der Waals surface area contributed by atoms with Crippen molar-refractivity contribution in [2.45, 2.75) is 25.8 Å². The highest BCUT2D eigenvalue weighted by atomic mass is 16.2. The molecule has 152 valence electrons. The van der Waals surface area contributed by atoms with Gasteiger partial charge in [0, 0.05) is 44.4 Å². The van der Waals surface area contributed by atoms with Gasteiger partial charge in [-0.2, -0.15) is 0 Å². The zero-order valence-electron chi connectivity index (χ0n) is 17.1. The maximum Gasteiger partial charge on any atom is 0.254 e. The lowest BCUT2D eigenvalue weighted by atomic mass is 9.96. The van der Waals surface area contributed by atoms with Gasteiger partial charge in [-0.05, 0) is 55.6 Å². The molecule has 5 nitrogen and oxygen atoms in total. The van der Waals surface area contributed by atoms with Crippen LogP contribution < -0.4 is 4.90 Å². The standard InChI is InChI=1S/C24H29N3O2/c1-25(21-8-3-2-4-9-21)23(28)13-16-26-14-11-19(12-15-26)17-27-18-20-7-5-6-10-22(20)24(27)29/h2-10,19H,11-18H2,1H3. The van der Waals surface area contributed by atoms with Crippen LogP contribution in [-0.4, -0.2) is 54.8 Å². The molecule has 0 radical (unpaired) electrons. The molecule has 0 atom stereocenters. The number of anilines is 1. The Hall–Kier alpha value is -2.66. The van der Waals surface area contributed by atoms with Crippen molar-refractivity contribution in [2.75, 3.05) is 38.1 Å². The summed E-state index contributed by atoms with van der Waals surface area (Å²) in [5, 5.41) is 0. The van der Waals surface area contributed by atoms with Gasteiger partial charge in [0.1, 0.15) is 0 Å². The molecular formula is C24H29N3O2. The number of hydrogen-bond acceptors (Lipinski definition) is 3. The summed E-state index contributed by atoms with van der Waals surface area (Å²) in [7, 11) is 1.84. The smallest absolute Gasteiger partial charge is 0.254 e. The third kappa shape index (κ3) is 4.51. The van der Waals surface area contributed by atoms with Crippen LogP contribution in [0.5, 0.6) is 0 Å². The van der Waals surface area contributed by atoms with Crippen molar-refractivity contribution in [1.82, 2.24) is 9.80 Å². The second-order valence-electron chi connectivity index (χ2n) is 8.17. The van der Waals surface area contributed by atoms with Crippen LogP contribution in [-0.2, 0) is 11.3 Å². The van der Waals surface area contributed by atoms with Gasteiger partial charge < -0.3 is 14.7 Å². The summed E-state index contributed by atoms with van der Waals surface area (Å²) in [4.78, 5) is 31.2. The van der Waals surface area contributed by atoms with Gasteiger partial charge in [-0.3, -0.25) is 9.59 Å². The van der Waals surface area contributed by atoms with E-state index in [4.69, 9.17) is 0 Å². The Labute approximate surface area is 172 Å². The van der Waals surface area contributed by atoms with Crippen LogP contribution in [0, 0.1) is 5.92 Å². The third-order valence-corrected chi connectivity index (χ3v) is 6.24. The first-order chi connectivity index (χ1) is 14.1. The van der Waals surface area contributed by atoms with E-state index < -0.39 is 0 Å². The molecule has 2 aromatic rings. The minimum Gasteiger partial charge on any atom is -0.334 e. The molecule has 5 heteroatoms. The maximum absolute atomic E-state index is 12.6. The molecule has 0 aliphatic carbocycles. The van der Waals surface area contributed by atoms with E-state index in [-0.39, 0.29) is 11.8 Å². The largest absolute Gasteiger partial charge is 0.334 e. The predicted octanol–water partition coefficient (Wildman–Crippen LogP) is 3.41. The fourth-order valence-corrected chi connectivity index (χ4v) is 4.38. The lowest BCUT2D eigenvalue weighted by molar-refractivity contribution is -0.118. The summed E-state index contributed by atoms with van der Waals surface area (Å²) in [6, 6.07) is 17.7. The molecule has 0 N–H and O–H groups in total. The summed E-state index contributed by atoms with van der Waals surface area (Å²) in [6.45, 7) is 4.40. The van der Waals surface area contributed by atoms with Gasteiger partial charge in [0.2, 0.25) is 5.91 Å². The SMILES string of the molecule is CN(C(=O)CCN1CCC(CN2Cc3ccccc3C2=O)CC1)c1ccccc1. The Balaban J connectivity index is 1.20. The highest BCUT2D eigenvalue weighted by molar-refractivity contribution is 5.98. The number of amides is 2. The summed E-state index contributed by atoms with van der Waals surface area (Å²) >= 11 is 0. The van der Waals surface area contributed by atoms with Gasteiger partial charge in [-0.25, -0.2) is 0 Å². The number of piperidine rings is 1. The fraction of sp³-hybridized carbons (Fsp3) is 0.417. The Morgan fingerprint density at radius 1 is 1.03 bits per heavy atom. The van der Waals surface area contributed by atoms with Crippen molar-refractivity contribution in [1.29, 1.82) is 0 Å². The molecule has 2 aliphatic rings. The minimum absolute atomic E-state index is 0.152. The fourth-order valence-electron chi connectivity index (χ4n) is 4.38. The molecule has 29 heavy (non-hydrogen) atoms. The molecular weight excluding hydrogens is 362 g/mol. The van der Waals surface area contributed by atoms with Crippen molar-refractivity contribution in [3.05, 3.63) is 65.7 Å². The number of fused-ring (bicyclic) bond motifs is 1. The third-order valence-electron chi connectivity index (χ3n) is 6.24. The van der Waals surface area contributed by atoms with Crippen molar-refractivity contribution in [2.24, 2.45) is 5.92 Å². The van der Waals surface area contributed by atoms with E-state index >= 15 is 0 Å². The Bertz CT molecular complexity index is 859. The summed E-state index contributed by atoms with van der Waals surface area (Å²) < 4.78 is 0. The van der Waals surface area contributed by atoms with E-state index in [0.717, 1.165) is 62.4 Å². The number of para-hydroxylation sites is 1. The number of nitrogens with zero attached hydrogens (tertiary/aromatic N) is 3. The molecule has 0 aromatic heterocycles. The zero-order valence-corrected chi connectivity index (χ0v) is 17.1. The first-order valence-corrected chi connectivity index (χ1v) is 10.5. The van der Waals surface area contributed by atoms with Crippen LogP contribution in [0.1, 0.15) is 35.2 Å². The number of carbonyl (C=O) groups is 2. The lowest BCUT2D eigenvalue weighted by Crippen LogP contribution is -2.40. The van der Waals surface area contributed by atoms with Crippen LogP contribution in [0.25, 0.3) is 0 Å². The molecule has 1 saturated heterocycles. The van der Waals surface area contributed by atoms with E-state index in [1.54, 1.807) is 4.90 Å². The zero-order chi connectivity index (χ0) is 20.2. The van der Waals surface area contributed by atoms with Crippen LogP contribution >= 0.6 is 0 Å². The highest BCUT2D eigenvalue weighted by Crippen LogP contribution is 2.26. The van der Waals surface area contributed by atoms with E-state index in [9.17, 15) is 9.59 Å². The molecule has 0 unspecified atom stereocenters. The van der Waals surface area contributed by atoms with Gasteiger partial charge in [-0.1, -0.05) is 36.4 Å². The molecule has 2 aromatic carbocycles. The number of carbonyl (C=O) groups excluding carboxylic acids is 2. The van der Waals surface area contributed by atoms with Crippen LogP contribution in [0.15, 0.2) is 54.6 Å². The lowest BCUT2D eigenvalue weighted by Gasteiger charge is -2.34. The maximum atomic E-state index is 12.6. The Morgan fingerprint density at radius 2 is 1.72 bits per heavy atom. The molecule has 2 heterocycles. The average molecular weight is 392 g/mol. The Kier molecular flexibility index (Phi) is 5.95. The second kappa shape index (κ2) is 8.78. The second-order valence-corrected chi connectivity index (χ2v) is 8.17. The van der Waals surface area contributed by atoms with Crippen molar-refractivity contribution < 1.29 is 9.59 Å². The van der Waals surface area contributed by atoms with Crippen LogP contribution in [0.3, 0.4) is 0 Å². The minimum atomic E-state index is 0.152. The van der Waals surface area contributed by atoms with E-state index in [1.165, 1.54) is 0 Å². The van der Waals surface area contributed by atoms with E-state index in [2.05, 4.69) is 11.0 Å². The molecule has 2 aliphatic heterocycles. The van der Waals surface area contributed by atoms with Crippen molar-refractivity contribution in [3.8, 4) is 0 Å². The number of likely N-dealkylation sites (tertiary alicyclic amines) is 1. The number of rotatable bonds is 6. The van der Waals surface area contributed by atoms with Crippen molar-refractivity contribution in [3.63, 3.8) is 0 Å². The molecule has 0 saturated carbocycles. The average Bonchev–Trinajstić information content (AvgIpc) is 3.08. The van der Waals surface area contributed by atoms with Gasteiger partial charge in [0.15, 0.2) is 0 Å².